The van der Waals surface area contributed by atoms with Gasteiger partial charge in [0.1, 0.15) is 54.4 Å². The fourth-order valence-corrected chi connectivity index (χ4v) is 8.71. The van der Waals surface area contributed by atoms with Crippen molar-refractivity contribution in [1.29, 1.82) is 0 Å². The lowest BCUT2D eigenvalue weighted by Gasteiger charge is -2.46. The number of rotatable bonds is 21. The molecule has 3 fully saturated rings. The minimum absolute atomic E-state index is 0.124. The summed E-state index contributed by atoms with van der Waals surface area (Å²) in [7, 11) is 1.34. The van der Waals surface area contributed by atoms with Crippen LogP contribution in [0.4, 0.5) is 0 Å². The van der Waals surface area contributed by atoms with E-state index >= 15 is 0 Å². The minimum atomic E-state index is -1.72. The van der Waals surface area contributed by atoms with Gasteiger partial charge in [-0.25, -0.2) is 9.36 Å². The molecule has 32 heteroatoms. The molecule has 2 aromatic rings. The quantitative estimate of drug-likeness (QED) is 0.0817. The summed E-state index contributed by atoms with van der Waals surface area (Å²) in [6.07, 6.45) is -14.1. The third kappa shape index (κ3) is 17.1. The third-order valence-electron chi connectivity index (χ3n) is 11.6. The largest absolute Gasteiger partial charge is 0.463 e. The topological polar surface area (TPSA) is 390 Å². The number of aliphatic hydroxyl groups is 1. The maximum atomic E-state index is 12.7. The SMILES string of the molecule is CC(=O)N[C@H]1[C@@H](OCc2cn(C[C@H]3O[C@H](OCc4cn(C[C@H]5O[C@H](O)[C@H](N(C)C(C)=O)[C@@H](OC(C)=O)[C@@H]5OC(C)=O)nn4)[C@H](NC(C)=O)[C@@H](OC(C)=O)[C@@H]3OC(C)=O)nn2)O[C@H](COC(C)=O)[C@@H](OC(C)=O)[C@@H]1OC(C)=O. The average molecular weight is 1100 g/mol. The predicted molar refractivity (Wildman–Crippen MR) is 245 cm³/mol. The van der Waals surface area contributed by atoms with E-state index in [0.717, 1.165) is 53.4 Å². The fraction of sp³-hybridized carbons (Fsp3) is 0.689. The van der Waals surface area contributed by atoms with Crippen molar-refractivity contribution in [1.82, 2.24) is 45.5 Å². The Kier molecular flexibility index (Phi) is 21.4. The van der Waals surface area contributed by atoms with Crippen LogP contribution >= 0.6 is 0 Å². The Morgan fingerprint density at radius 2 is 0.896 bits per heavy atom. The Hall–Kier alpha value is -7.26. The van der Waals surface area contributed by atoms with Crippen molar-refractivity contribution in [2.75, 3.05) is 13.7 Å². The number of likely N-dealkylation sites (N-methyl/N-ethyl adjacent to an activating group) is 1. The lowest BCUT2D eigenvalue weighted by molar-refractivity contribution is -0.280. The molecule has 5 rings (SSSR count). The van der Waals surface area contributed by atoms with Crippen LogP contribution < -0.4 is 10.6 Å². The molecule has 0 saturated carbocycles. The number of hydrogen-bond acceptors (Lipinski definition) is 27. The zero-order valence-electron chi connectivity index (χ0n) is 43.9. The van der Waals surface area contributed by atoms with Crippen molar-refractivity contribution in [2.24, 2.45) is 0 Å². The maximum absolute atomic E-state index is 12.7. The summed E-state index contributed by atoms with van der Waals surface area (Å²) < 4.78 is 71.4. The number of ether oxygens (including phenoxy) is 12. The van der Waals surface area contributed by atoms with Gasteiger partial charge >= 0.3 is 41.8 Å². The fourth-order valence-electron chi connectivity index (χ4n) is 8.71. The zero-order chi connectivity index (χ0) is 57.0. The summed E-state index contributed by atoms with van der Waals surface area (Å²) in [6, 6.07) is -3.90. The van der Waals surface area contributed by atoms with Gasteiger partial charge in [-0.05, 0) is 0 Å². The maximum Gasteiger partial charge on any atom is 0.303 e. The Balaban J connectivity index is 1.38. The zero-order valence-corrected chi connectivity index (χ0v) is 43.9. The molecule has 3 saturated heterocycles. The highest BCUT2D eigenvalue weighted by atomic mass is 16.7. The number of esters is 7. The highest BCUT2D eigenvalue weighted by Crippen LogP contribution is 2.32. The third-order valence-corrected chi connectivity index (χ3v) is 11.6. The highest BCUT2D eigenvalue weighted by molar-refractivity contribution is 5.75. The van der Waals surface area contributed by atoms with E-state index in [9.17, 15) is 53.1 Å². The van der Waals surface area contributed by atoms with Gasteiger partial charge in [-0.2, -0.15) is 0 Å². The lowest BCUT2D eigenvalue weighted by Crippen LogP contribution is -2.66. The molecule has 3 N–H and O–H groups in total. The monoisotopic (exact) mass is 1100 g/mol. The molecule has 77 heavy (non-hydrogen) atoms. The number of aromatic nitrogens is 6. The molecule has 0 radical (unpaired) electrons. The molecular formula is C45H63N9O23. The lowest BCUT2D eigenvalue weighted by atomic mass is 9.94. The molecule has 15 atom stereocenters. The van der Waals surface area contributed by atoms with Gasteiger partial charge in [0.05, 0.1) is 38.7 Å². The van der Waals surface area contributed by atoms with Crippen molar-refractivity contribution in [3.63, 3.8) is 0 Å². The molecule has 0 aliphatic carbocycles. The summed E-state index contributed by atoms with van der Waals surface area (Å²) >= 11 is 0. The van der Waals surface area contributed by atoms with E-state index in [4.69, 9.17) is 56.8 Å². The van der Waals surface area contributed by atoms with Crippen LogP contribution in [0.2, 0.25) is 0 Å². The molecule has 3 amide bonds. The van der Waals surface area contributed by atoms with Crippen molar-refractivity contribution >= 4 is 59.5 Å². The van der Waals surface area contributed by atoms with E-state index in [2.05, 4.69) is 31.3 Å². The van der Waals surface area contributed by atoms with Crippen LogP contribution in [0, 0.1) is 0 Å². The Morgan fingerprint density at radius 1 is 0.532 bits per heavy atom. The van der Waals surface area contributed by atoms with Crippen LogP contribution in [0.5, 0.6) is 0 Å². The van der Waals surface area contributed by atoms with E-state index in [1.54, 1.807) is 0 Å². The van der Waals surface area contributed by atoms with Crippen LogP contribution in [-0.4, -0.2) is 205 Å². The minimum Gasteiger partial charge on any atom is -0.463 e. The molecule has 0 unspecified atom stereocenters. The summed E-state index contributed by atoms with van der Waals surface area (Å²) in [6.45, 7) is 9.41. The summed E-state index contributed by atoms with van der Waals surface area (Å²) in [5, 5.41) is 32.8. The van der Waals surface area contributed by atoms with Crippen molar-refractivity contribution in [2.45, 2.75) is 187 Å². The van der Waals surface area contributed by atoms with Crippen LogP contribution in [0.1, 0.15) is 80.6 Å². The van der Waals surface area contributed by atoms with Crippen molar-refractivity contribution in [3.8, 4) is 0 Å². The van der Waals surface area contributed by atoms with E-state index in [1.165, 1.54) is 49.6 Å². The molecule has 0 aromatic carbocycles. The molecular weight excluding hydrogens is 1030 g/mol. The van der Waals surface area contributed by atoms with Crippen LogP contribution in [0.3, 0.4) is 0 Å². The van der Waals surface area contributed by atoms with Gasteiger partial charge in [-0.1, -0.05) is 10.4 Å². The smallest absolute Gasteiger partial charge is 0.303 e. The first-order valence-corrected chi connectivity index (χ1v) is 23.8. The van der Waals surface area contributed by atoms with E-state index in [0.29, 0.717) is 0 Å². The van der Waals surface area contributed by atoms with E-state index in [-0.39, 0.29) is 24.5 Å². The van der Waals surface area contributed by atoms with Crippen LogP contribution in [0.15, 0.2) is 12.4 Å². The molecule has 426 valence electrons. The first-order chi connectivity index (χ1) is 36.2. The first kappa shape index (κ1) is 60.6. The Morgan fingerprint density at radius 3 is 1.29 bits per heavy atom. The second-order valence-electron chi connectivity index (χ2n) is 18.0. The summed E-state index contributed by atoms with van der Waals surface area (Å²) in [5.74, 6) is -7.34. The molecule has 5 heterocycles. The van der Waals surface area contributed by atoms with E-state index in [1.807, 2.05) is 0 Å². The average Bonchev–Trinajstić information content (AvgIpc) is 3.97. The van der Waals surface area contributed by atoms with Gasteiger partial charge < -0.3 is 77.5 Å². The number of carbonyl (C=O) groups is 10. The second kappa shape index (κ2) is 27.2. The number of nitrogens with zero attached hydrogens (tertiary/aromatic N) is 7. The number of aliphatic hydroxyl groups excluding tert-OH is 1. The van der Waals surface area contributed by atoms with Gasteiger partial charge in [-0.15, -0.1) is 10.2 Å². The van der Waals surface area contributed by atoms with Crippen molar-refractivity contribution < 1.29 is 110 Å². The van der Waals surface area contributed by atoms with Gasteiger partial charge in [0.25, 0.3) is 0 Å². The number of nitrogens with one attached hydrogen (secondary N) is 2. The molecule has 3 aliphatic rings. The summed E-state index contributed by atoms with van der Waals surface area (Å²) in [4.78, 5) is 125. The molecule has 3 aliphatic heterocycles. The number of hydrogen-bond donors (Lipinski definition) is 3. The molecule has 0 bridgehead atoms. The van der Waals surface area contributed by atoms with Gasteiger partial charge in [-0.3, -0.25) is 47.9 Å². The number of carbonyl (C=O) groups excluding carboxylic acids is 10. The van der Waals surface area contributed by atoms with Crippen LogP contribution in [-0.2, 0) is 131 Å². The summed E-state index contributed by atoms with van der Waals surface area (Å²) in [5.41, 5.74) is 0.255. The normalized spacial score (nSPS) is 28.9. The van der Waals surface area contributed by atoms with Crippen molar-refractivity contribution in [3.05, 3.63) is 23.8 Å². The Labute approximate surface area is 439 Å². The molecule has 32 nitrogen and oxygen atoms in total. The Bertz CT molecular complexity index is 2470. The number of amides is 3. The van der Waals surface area contributed by atoms with Gasteiger partial charge in [0.2, 0.25) is 17.7 Å². The highest BCUT2D eigenvalue weighted by Gasteiger charge is 2.54. The predicted octanol–water partition coefficient (Wildman–Crippen LogP) is -3.22. The van der Waals surface area contributed by atoms with E-state index < -0.39 is 171 Å². The molecule has 0 spiro atoms. The standard InChI is InChI=1S/C45H63N9O23/c1-19(55)46-34-40(72-26(8)62)37(69-23(5)59)32(15-54-13-30(49-51-54)17-68-45-35(47-20(2)56)41(73-27(9)63)39(71-25(7)61)33(77-45)18-66-22(4)58)76-44(34)67-16-29-12-53(50-48-29)14-31-38(70-24(6)60)42(74-28(10)64)36(43(65)75-31)52(11)21(3)57/h12-13,31-45,65H,14-18H2,1-11H3,(H,46,55)(H,47,56)/t31-,32-,33-,34-,35-,36-,37-,38-,39-,40-,41-,42-,43+,44+,45+/m1/s1. The van der Waals surface area contributed by atoms with Crippen LogP contribution in [0.25, 0.3) is 0 Å². The second-order valence-corrected chi connectivity index (χ2v) is 18.0. The molecule has 2 aromatic heterocycles. The first-order valence-electron chi connectivity index (χ1n) is 23.8. The van der Waals surface area contributed by atoms with Gasteiger partial charge in [0, 0.05) is 76.3 Å². The van der Waals surface area contributed by atoms with Gasteiger partial charge in [0.15, 0.2) is 55.5 Å².